The zero-order valence-corrected chi connectivity index (χ0v) is 16.5. The topological polar surface area (TPSA) is 271 Å². The Labute approximate surface area is 176 Å². The summed E-state index contributed by atoms with van der Waals surface area (Å²) in [7, 11) is 0. The fraction of sp³-hybridized carbons (Fsp3) is 0.706. The van der Waals surface area contributed by atoms with Gasteiger partial charge in [0.05, 0.1) is 12.0 Å². The summed E-state index contributed by atoms with van der Waals surface area (Å²) in [6, 6.07) is -2.93. The number of carbonyl (C=O) groups is 5. The Hall–Kier alpha value is -2.49. The summed E-state index contributed by atoms with van der Waals surface area (Å²) in [6.07, 6.45) is -9.27. The number of carboxylic acids is 2. The van der Waals surface area contributed by atoms with E-state index in [9.17, 15) is 44.4 Å². The van der Waals surface area contributed by atoms with Crippen LogP contribution >= 0.6 is 0 Å². The van der Waals surface area contributed by atoms with Gasteiger partial charge in [0.2, 0.25) is 0 Å². The molecule has 14 heteroatoms. The fourth-order valence-corrected chi connectivity index (χ4v) is 2.57. The third-order valence-corrected chi connectivity index (χ3v) is 4.49. The molecule has 7 atom stereocenters. The van der Waals surface area contributed by atoms with Crippen LogP contribution in [-0.4, -0.2) is 104 Å². The number of hydrogen-bond donors (Lipinski definition) is 9. The summed E-state index contributed by atoms with van der Waals surface area (Å²) < 4.78 is 0. The Balaban J connectivity index is 5.16. The SMILES string of the molecule is NCCCC[C@H](N)C(=O)C(C=O)C[C@H](NC(=O)[C@@H](O)[C@H](O)[C@H](O)[C@@H](O)C(=O)O)C(=O)O. The predicted molar refractivity (Wildman–Crippen MR) is 101 cm³/mol. The molecule has 0 aromatic carbocycles. The van der Waals surface area contributed by atoms with Crippen LogP contribution in [0.5, 0.6) is 0 Å². The largest absolute Gasteiger partial charge is 0.480 e. The van der Waals surface area contributed by atoms with Gasteiger partial charge in [0.15, 0.2) is 18.0 Å². The highest BCUT2D eigenvalue weighted by atomic mass is 16.4. The van der Waals surface area contributed by atoms with Gasteiger partial charge in [0, 0.05) is 0 Å². The van der Waals surface area contributed by atoms with Crippen LogP contribution in [0.4, 0.5) is 0 Å². The standard InChI is InChI=1S/C17H29N3O11/c18-4-2-1-3-8(19)10(22)7(6-21)5-9(16(28)29)20-15(27)13(25)11(23)12(24)14(26)17(30)31/h6-9,11-14,23-26H,1-5,18-19H2,(H,20,27)(H,28,29)(H,30,31)/t7?,8-,9-,11+,12-,13-,14+/m0/s1. The molecule has 0 bridgehead atoms. The van der Waals surface area contributed by atoms with E-state index in [1.54, 1.807) is 5.32 Å². The molecule has 0 spiro atoms. The van der Waals surface area contributed by atoms with E-state index in [2.05, 4.69) is 0 Å². The number of rotatable bonds is 16. The molecule has 31 heavy (non-hydrogen) atoms. The van der Waals surface area contributed by atoms with Crippen LogP contribution in [-0.2, 0) is 24.0 Å². The summed E-state index contributed by atoms with van der Waals surface area (Å²) in [5.74, 6) is -7.43. The van der Waals surface area contributed by atoms with Crippen LogP contribution in [0, 0.1) is 5.92 Å². The monoisotopic (exact) mass is 451 g/mol. The molecule has 0 fully saturated rings. The zero-order valence-electron chi connectivity index (χ0n) is 16.5. The van der Waals surface area contributed by atoms with Crippen molar-refractivity contribution in [2.75, 3.05) is 6.54 Å². The Morgan fingerprint density at radius 2 is 1.45 bits per heavy atom. The highest BCUT2D eigenvalue weighted by molar-refractivity contribution is 5.97. The van der Waals surface area contributed by atoms with Crippen LogP contribution < -0.4 is 16.8 Å². The molecule has 178 valence electrons. The summed E-state index contributed by atoms with van der Waals surface area (Å²) in [5.41, 5.74) is 11.0. The van der Waals surface area contributed by atoms with Gasteiger partial charge in [0.1, 0.15) is 24.5 Å². The summed E-state index contributed by atoms with van der Waals surface area (Å²) in [6.45, 7) is 0.373. The highest BCUT2D eigenvalue weighted by Gasteiger charge is 2.39. The molecule has 0 aromatic rings. The number of Topliss-reactive ketones (excluding diaryl/α,β-unsaturated/α-hetero) is 1. The van der Waals surface area contributed by atoms with Crippen LogP contribution in [0.25, 0.3) is 0 Å². The lowest BCUT2D eigenvalue weighted by Crippen LogP contribution is -2.55. The van der Waals surface area contributed by atoms with Crippen molar-refractivity contribution in [1.82, 2.24) is 5.32 Å². The number of nitrogens with two attached hydrogens (primary N) is 2. The number of nitrogens with one attached hydrogen (secondary N) is 1. The molecule has 14 nitrogen and oxygen atoms in total. The number of aldehydes is 1. The molecule has 0 saturated carbocycles. The van der Waals surface area contributed by atoms with Crippen molar-refractivity contribution in [2.24, 2.45) is 17.4 Å². The van der Waals surface area contributed by atoms with Gasteiger partial charge < -0.3 is 52.2 Å². The molecule has 0 saturated heterocycles. The zero-order chi connectivity index (χ0) is 24.3. The van der Waals surface area contributed by atoms with Crippen LogP contribution in [0.2, 0.25) is 0 Å². The van der Waals surface area contributed by atoms with Crippen molar-refractivity contribution in [3.63, 3.8) is 0 Å². The number of amides is 1. The first kappa shape index (κ1) is 28.5. The first-order valence-corrected chi connectivity index (χ1v) is 9.31. The predicted octanol–water partition coefficient (Wildman–Crippen LogP) is -4.69. The lowest BCUT2D eigenvalue weighted by atomic mass is 9.90. The average Bonchev–Trinajstić information content (AvgIpc) is 2.73. The van der Waals surface area contributed by atoms with E-state index >= 15 is 0 Å². The summed E-state index contributed by atoms with van der Waals surface area (Å²) in [5, 5.41) is 57.6. The van der Waals surface area contributed by atoms with Crippen LogP contribution in [0.1, 0.15) is 25.7 Å². The minimum absolute atomic E-state index is 0.172. The first-order chi connectivity index (χ1) is 14.4. The van der Waals surface area contributed by atoms with E-state index in [1.165, 1.54) is 0 Å². The quantitative estimate of drug-likeness (QED) is 0.0607. The van der Waals surface area contributed by atoms with Crippen molar-refractivity contribution in [3.8, 4) is 0 Å². The maximum absolute atomic E-state index is 12.3. The molecule has 0 heterocycles. The fourth-order valence-electron chi connectivity index (χ4n) is 2.57. The average molecular weight is 451 g/mol. The number of aliphatic hydroxyl groups is 4. The van der Waals surface area contributed by atoms with Crippen molar-refractivity contribution < 1.29 is 54.6 Å². The van der Waals surface area contributed by atoms with Gasteiger partial charge >= 0.3 is 11.9 Å². The highest BCUT2D eigenvalue weighted by Crippen LogP contribution is 2.13. The van der Waals surface area contributed by atoms with Crippen molar-refractivity contribution in [2.45, 2.75) is 62.2 Å². The lowest BCUT2D eigenvalue weighted by molar-refractivity contribution is -0.166. The Morgan fingerprint density at radius 3 is 1.90 bits per heavy atom. The van der Waals surface area contributed by atoms with Crippen LogP contribution in [0.15, 0.2) is 0 Å². The van der Waals surface area contributed by atoms with Gasteiger partial charge in [0.25, 0.3) is 5.91 Å². The second-order valence-electron chi connectivity index (χ2n) is 6.88. The second-order valence-corrected chi connectivity index (χ2v) is 6.88. The number of carboxylic acid groups (broad SMARTS) is 2. The van der Waals surface area contributed by atoms with Crippen molar-refractivity contribution >= 4 is 29.9 Å². The van der Waals surface area contributed by atoms with Crippen molar-refractivity contribution in [1.29, 1.82) is 0 Å². The van der Waals surface area contributed by atoms with E-state index in [0.717, 1.165) is 0 Å². The van der Waals surface area contributed by atoms with E-state index in [0.29, 0.717) is 19.4 Å². The van der Waals surface area contributed by atoms with Gasteiger partial charge in [-0.05, 0) is 25.8 Å². The summed E-state index contributed by atoms with van der Waals surface area (Å²) in [4.78, 5) is 57.6. The first-order valence-electron chi connectivity index (χ1n) is 9.31. The molecule has 1 unspecified atom stereocenters. The third-order valence-electron chi connectivity index (χ3n) is 4.49. The number of aliphatic carboxylic acids is 2. The number of carbonyl (C=O) groups excluding carboxylic acids is 3. The minimum Gasteiger partial charge on any atom is -0.480 e. The van der Waals surface area contributed by atoms with Gasteiger partial charge in [-0.2, -0.15) is 0 Å². The van der Waals surface area contributed by atoms with E-state index in [-0.39, 0.29) is 12.7 Å². The summed E-state index contributed by atoms with van der Waals surface area (Å²) >= 11 is 0. The molecule has 0 radical (unpaired) electrons. The maximum Gasteiger partial charge on any atom is 0.335 e. The normalized spacial score (nSPS) is 18.0. The van der Waals surface area contributed by atoms with Crippen LogP contribution in [0.3, 0.4) is 0 Å². The number of unbranched alkanes of at least 4 members (excludes halogenated alkanes) is 1. The molecule has 0 rings (SSSR count). The Morgan fingerprint density at radius 1 is 0.903 bits per heavy atom. The molecule has 0 aliphatic heterocycles. The van der Waals surface area contributed by atoms with E-state index < -0.39 is 72.5 Å². The maximum atomic E-state index is 12.3. The van der Waals surface area contributed by atoms with Crippen molar-refractivity contribution in [3.05, 3.63) is 0 Å². The number of ketones is 1. The van der Waals surface area contributed by atoms with Gasteiger partial charge in [-0.15, -0.1) is 0 Å². The smallest absolute Gasteiger partial charge is 0.335 e. The Kier molecular flexibility index (Phi) is 12.6. The van der Waals surface area contributed by atoms with Gasteiger partial charge in [-0.1, -0.05) is 6.42 Å². The molecular weight excluding hydrogens is 422 g/mol. The van der Waals surface area contributed by atoms with E-state index in [4.69, 9.17) is 21.7 Å². The number of hydrogen-bond acceptors (Lipinski definition) is 11. The molecular formula is C17H29N3O11. The lowest BCUT2D eigenvalue weighted by Gasteiger charge is -2.26. The van der Waals surface area contributed by atoms with E-state index in [1.807, 2.05) is 0 Å². The molecule has 0 aromatic heterocycles. The number of aliphatic hydroxyl groups excluding tert-OH is 4. The minimum atomic E-state index is -2.54. The van der Waals surface area contributed by atoms with Gasteiger partial charge in [-0.25, -0.2) is 9.59 Å². The Bertz CT molecular complexity index is 645. The molecule has 0 aliphatic carbocycles. The molecule has 11 N–H and O–H groups in total. The second kappa shape index (κ2) is 13.7. The molecule has 0 aliphatic rings. The third kappa shape index (κ3) is 9.04. The molecule has 1 amide bonds. The van der Waals surface area contributed by atoms with Gasteiger partial charge in [-0.3, -0.25) is 9.59 Å².